The maximum absolute atomic E-state index is 13.5. The molecule has 0 amide bonds. The van der Waals surface area contributed by atoms with Crippen molar-refractivity contribution in [3.8, 4) is 17.2 Å². The largest absolute Gasteiger partial charge is 0.497 e. The molecule has 1 aliphatic rings. The minimum absolute atomic E-state index is 0.0949. The van der Waals surface area contributed by atoms with Gasteiger partial charge in [-0.1, -0.05) is 30.3 Å². The molecule has 1 aliphatic carbocycles. The van der Waals surface area contributed by atoms with Crippen molar-refractivity contribution in [2.45, 2.75) is 6.54 Å². The molecule has 42 heavy (non-hydrogen) atoms. The van der Waals surface area contributed by atoms with Crippen LogP contribution >= 0.6 is 0 Å². The van der Waals surface area contributed by atoms with E-state index in [1.54, 1.807) is 26.4 Å². The van der Waals surface area contributed by atoms with Gasteiger partial charge in [-0.25, -0.2) is 9.97 Å². The summed E-state index contributed by atoms with van der Waals surface area (Å²) < 4.78 is 21.6. The number of carbonyl (C=O) groups excluding carboxylic acids is 2. The highest BCUT2D eigenvalue weighted by Gasteiger charge is 2.27. The number of ketones is 2. The fraction of sp³-hybridized carbons (Fsp3) is 0.188. The molecule has 0 atom stereocenters. The van der Waals surface area contributed by atoms with Gasteiger partial charge in [-0.2, -0.15) is 0 Å². The molecule has 0 saturated carbocycles. The van der Waals surface area contributed by atoms with E-state index in [0.29, 0.717) is 53.7 Å². The second-order valence-corrected chi connectivity index (χ2v) is 9.29. The molecule has 0 saturated heterocycles. The van der Waals surface area contributed by atoms with Crippen molar-refractivity contribution >= 4 is 34.0 Å². The second kappa shape index (κ2) is 13.0. The van der Waals surface area contributed by atoms with Crippen LogP contribution < -0.4 is 24.4 Å². The van der Waals surface area contributed by atoms with Crippen LogP contribution in [0, 0.1) is 0 Å². The van der Waals surface area contributed by atoms with Gasteiger partial charge in [0.05, 0.1) is 37.7 Å². The molecule has 214 valence electrons. The van der Waals surface area contributed by atoms with E-state index in [0.717, 1.165) is 11.3 Å². The Hall–Kier alpha value is -5.22. The molecule has 1 N–H and O–H groups in total. The molecule has 0 unspecified atom stereocenters. The molecule has 4 aromatic rings. The summed E-state index contributed by atoms with van der Waals surface area (Å²) in [5, 5.41) is 3.63. The minimum atomic E-state index is -0.366. The number of rotatable bonds is 12. The van der Waals surface area contributed by atoms with Gasteiger partial charge < -0.3 is 29.2 Å². The quantitative estimate of drug-likeness (QED) is 0.191. The predicted molar refractivity (Wildman–Crippen MR) is 159 cm³/mol. The number of nitrogens with zero attached hydrogens (tertiary/aromatic N) is 3. The second-order valence-electron chi connectivity index (χ2n) is 9.29. The summed E-state index contributed by atoms with van der Waals surface area (Å²) in [7, 11) is 4.72. The molecule has 5 rings (SSSR count). The number of carbonyl (C=O) groups is 2. The highest BCUT2D eigenvalue weighted by Crippen LogP contribution is 2.35. The van der Waals surface area contributed by atoms with Crippen molar-refractivity contribution in [2.24, 2.45) is 0 Å². The van der Waals surface area contributed by atoms with Gasteiger partial charge in [0.1, 0.15) is 24.5 Å². The zero-order valence-electron chi connectivity index (χ0n) is 23.5. The number of nitrogens with one attached hydrogen (secondary N) is 1. The van der Waals surface area contributed by atoms with Gasteiger partial charge in [-0.15, -0.1) is 0 Å². The summed E-state index contributed by atoms with van der Waals surface area (Å²) in [6, 6.07) is 20.5. The Kier molecular flexibility index (Phi) is 8.74. The van der Waals surface area contributed by atoms with Crippen molar-refractivity contribution in [3.05, 3.63) is 102 Å². The van der Waals surface area contributed by atoms with Crippen molar-refractivity contribution in [1.82, 2.24) is 9.97 Å². The zero-order chi connectivity index (χ0) is 29.5. The van der Waals surface area contributed by atoms with Crippen molar-refractivity contribution in [1.29, 1.82) is 0 Å². The van der Waals surface area contributed by atoms with Gasteiger partial charge in [-0.05, 0) is 35.9 Å². The van der Waals surface area contributed by atoms with Crippen LogP contribution in [-0.4, -0.2) is 56.1 Å². The van der Waals surface area contributed by atoms with Gasteiger partial charge in [-0.3, -0.25) is 9.59 Å². The van der Waals surface area contributed by atoms with Gasteiger partial charge in [0.15, 0.2) is 11.5 Å². The fourth-order valence-corrected chi connectivity index (χ4v) is 4.50. The molecule has 0 spiro atoms. The lowest BCUT2D eigenvalue weighted by molar-refractivity contribution is -0.115. The van der Waals surface area contributed by atoms with Crippen LogP contribution in [0.5, 0.6) is 17.2 Å². The topological polar surface area (TPSA) is 112 Å². The van der Waals surface area contributed by atoms with E-state index in [-0.39, 0.29) is 23.0 Å². The molecule has 1 heterocycles. The Morgan fingerprint density at radius 2 is 1.60 bits per heavy atom. The van der Waals surface area contributed by atoms with Crippen LogP contribution in [0.4, 0.5) is 11.5 Å². The maximum atomic E-state index is 13.5. The molecule has 10 nitrogen and oxygen atoms in total. The smallest absolute Gasteiger partial charge is 0.204 e. The molecular weight excluding hydrogens is 536 g/mol. The van der Waals surface area contributed by atoms with E-state index >= 15 is 0 Å². The minimum Gasteiger partial charge on any atom is -0.497 e. The number of ether oxygens (including phenoxy) is 4. The third-order valence-corrected chi connectivity index (χ3v) is 6.64. The van der Waals surface area contributed by atoms with Crippen molar-refractivity contribution in [3.63, 3.8) is 0 Å². The third kappa shape index (κ3) is 6.24. The number of benzene rings is 3. The fourth-order valence-electron chi connectivity index (χ4n) is 4.50. The van der Waals surface area contributed by atoms with E-state index in [9.17, 15) is 9.59 Å². The number of hydrogen-bond donors (Lipinski definition) is 1. The number of methoxy groups -OCH3 is 3. The number of fused-ring (bicyclic) bond motifs is 1. The summed E-state index contributed by atoms with van der Waals surface area (Å²) in [4.78, 5) is 37.4. The van der Waals surface area contributed by atoms with E-state index in [1.165, 1.54) is 25.6 Å². The SMILES string of the molecule is COCCOc1cc2ncnc(NC3=CC(=O)C(N(Cc4ccccc4)c4ccc(OC)cc4)=CC3=O)c2cc1OC. The molecule has 3 aromatic carbocycles. The Bertz CT molecular complexity index is 1650. The Balaban J connectivity index is 1.43. The Labute approximate surface area is 243 Å². The van der Waals surface area contributed by atoms with Gasteiger partial charge in [0.2, 0.25) is 11.6 Å². The van der Waals surface area contributed by atoms with Crippen molar-refractivity contribution < 1.29 is 28.5 Å². The van der Waals surface area contributed by atoms with E-state index < -0.39 is 0 Å². The van der Waals surface area contributed by atoms with Crippen LogP contribution in [0.25, 0.3) is 10.9 Å². The van der Waals surface area contributed by atoms with Gasteiger partial charge in [0.25, 0.3) is 0 Å². The first kappa shape index (κ1) is 28.3. The molecular formula is C32H30N4O6. The van der Waals surface area contributed by atoms with E-state index in [1.807, 2.05) is 59.5 Å². The lowest BCUT2D eigenvalue weighted by Crippen LogP contribution is -2.31. The van der Waals surface area contributed by atoms with Crippen molar-refractivity contribution in [2.75, 3.05) is 44.8 Å². The molecule has 0 aliphatic heterocycles. The number of aromatic nitrogens is 2. The summed E-state index contributed by atoms with van der Waals surface area (Å²) in [6.07, 6.45) is 4.02. The lowest BCUT2D eigenvalue weighted by Gasteiger charge is -2.28. The van der Waals surface area contributed by atoms with Gasteiger partial charge in [0, 0.05) is 42.9 Å². The average Bonchev–Trinajstić information content (AvgIpc) is 3.02. The number of allylic oxidation sites excluding steroid dienone is 2. The Morgan fingerprint density at radius 3 is 2.31 bits per heavy atom. The third-order valence-electron chi connectivity index (χ3n) is 6.64. The van der Waals surface area contributed by atoms with Crippen LogP contribution in [0.1, 0.15) is 5.56 Å². The molecule has 10 heteroatoms. The van der Waals surface area contributed by atoms with E-state index in [2.05, 4.69) is 15.3 Å². The first-order valence-corrected chi connectivity index (χ1v) is 13.2. The van der Waals surface area contributed by atoms with Crippen LogP contribution in [0.15, 0.2) is 96.6 Å². The number of anilines is 2. The number of hydrogen-bond acceptors (Lipinski definition) is 10. The highest BCUT2D eigenvalue weighted by atomic mass is 16.5. The monoisotopic (exact) mass is 566 g/mol. The lowest BCUT2D eigenvalue weighted by atomic mass is 10.0. The maximum Gasteiger partial charge on any atom is 0.204 e. The average molecular weight is 567 g/mol. The Morgan fingerprint density at radius 1 is 0.810 bits per heavy atom. The summed E-state index contributed by atoms with van der Waals surface area (Å²) in [5.74, 6) is 1.31. The normalized spacial score (nSPS) is 12.9. The molecule has 0 bridgehead atoms. The summed E-state index contributed by atoms with van der Waals surface area (Å²) in [6.45, 7) is 1.14. The zero-order valence-corrected chi connectivity index (χ0v) is 23.5. The first-order valence-electron chi connectivity index (χ1n) is 13.2. The standard InChI is InChI=1S/C32H30N4O6/c1-39-13-14-42-31-17-25-24(15-30(31)41-3)32(34-20-33-25)35-26-16-29(38)27(18-28(26)37)36(19-21-7-5-4-6-8-21)22-9-11-23(40-2)12-10-22/h4-12,15-18,20H,13-14,19H2,1-3H3,(H,33,34,35). The molecule has 1 aromatic heterocycles. The highest BCUT2D eigenvalue weighted by molar-refractivity contribution is 6.22. The van der Waals surface area contributed by atoms with Gasteiger partial charge >= 0.3 is 0 Å². The van der Waals surface area contributed by atoms with Crippen LogP contribution in [0.3, 0.4) is 0 Å². The molecule has 0 fully saturated rings. The summed E-state index contributed by atoms with van der Waals surface area (Å²) >= 11 is 0. The summed E-state index contributed by atoms with van der Waals surface area (Å²) in [5.41, 5.74) is 2.65. The van der Waals surface area contributed by atoms with Crippen LogP contribution in [0.2, 0.25) is 0 Å². The predicted octanol–water partition coefficient (Wildman–Crippen LogP) is 4.71. The molecule has 0 radical (unpaired) electrons. The van der Waals surface area contributed by atoms with E-state index in [4.69, 9.17) is 18.9 Å². The van der Waals surface area contributed by atoms with Crippen LogP contribution in [-0.2, 0) is 20.9 Å². The first-order chi connectivity index (χ1) is 20.5.